The van der Waals surface area contributed by atoms with Crippen LogP contribution in [0.25, 0.3) is 0 Å². The van der Waals surface area contributed by atoms with Crippen LogP contribution in [0, 0.1) is 11.3 Å². The van der Waals surface area contributed by atoms with Crippen molar-refractivity contribution in [2.24, 2.45) is 0 Å². The Morgan fingerprint density at radius 1 is 1.63 bits per heavy atom. The second-order valence-corrected chi connectivity index (χ2v) is 4.59. The van der Waals surface area contributed by atoms with E-state index in [-0.39, 0.29) is 5.91 Å². The molecule has 0 atom stereocenters. The molecule has 0 unspecified atom stereocenters. The van der Waals surface area contributed by atoms with Crippen molar-refractivity contribution in [2.75, 3.05) is 18.0 Å². The molecule has 5 nitrogen and oxygen atoms in total. The Hall–Kier alpha value is -2.09. The van der Waals surface area contributed by atoms with Crippen LogP contribution in [0.15, 0.2) is 18.3 Å². The van der Waals surface area contributed by atoms with Crippen LogP contribution in [-0.4, -0.2) is 30.0 Å². The summed E-state index contributed by atoms with van der Waals surface area (Å²) in [5, 5.41) is 11.5. The van der Waals surface area contributed by atoms with Crippen LogP contribution in [0.5, 0.6) is 0 Å². The molecular formula is C14H18N4O. The van der Waals surface area contributed by atoms with Gasteiger partial charge in [-0.2, -0.15) is 5.26 Å². The van der Waals surface area contributed by atoms with E-state index in [0.29, 0.717) is 31.2 Å². The SMILES string of the molecule is CCNC(=O)c1cc(N(CCC#N)C2CC2)ccn1. The van der Waals surface area contributed by atoms with E-state index in [0.717, 1.165) is 18.5 Å². The molecular weight excluding hydrogens is 240 g/mol. The molecule has 1 saturated carbocycles. The Morgan fingerprint density at radius 2 is 2.42 bits per heavy atom. The zero-order valence-corrected chi connectivity index (χ0v) is 11.1. The van der Waals surface area contributed by atoms with Crippen molar-refractivity contribution in [3.8, 4) is 6.07 Å². The van der Waals surface area contributed by atoms with E-state index in [1.54, 1.807) is 12.3 Å². The van der Waals surface area contributed by atoms with Gasteiger partial charge in [-0.15, -0.1) is 0 Å². The predicted molar refractivity (Wildman–Crippen MR) is 72.8 cm³/mol. The quantitative estimate of drug-likeness (QED) is 0.843. The smallest absolute Gasteiger partial charge is 0.269 e. The van der Waals surface area contributed by atoms with Crippen LogP contribution < -0.4 is 10.2 Å². The Kier molecular flexibility index (Phi) is 4.35. The number of hydrogen-bond donors (Lipinski definition) is 1. The maximum atomic E-state index is 11.8. The number of carbonyl (C=O) groups excluding carboxylic acids is 1. The number of rotatable bonds is 6. The number of pyridine rings is 1. The number of nitriles is 1. The fourth-order valence-corrected chi connectivity index (χ4v) is 2.05. The first-order chi connectivity index (χ1) is 9.26. The molecule has 1 fully saturated rings. The van der Waals surface area contributed by atoms with Crippen molar-refractivity contribution in [3.63, 3.8) is 0 Å². The molecule has 2 rings (SSSR count). The van der Waals surface area contributed by atoms with Gasteiger partial charge in [-0.3, -0.25) is 9.78 Å². The van der Waals surface area contributed by atoms with E-state index >= 15 is 0 Å². The van der Waals surface area contributed by atoms with Crippen LogP contribution in [0.2, 0.25) is 0 Å². The summed E-state index contributed by atoms with van der Waals surface area (Å²) in [6.07, 6.45) is 4.46. The summed E-state index contributed by atoms with van der Waals surface area (Å²) in [4.78, 5) is 18.1. The molecule has 1 aliphatic carbocycles. The molecule has 1 aromatic rings. The molecule has 0 spiro atoms. The summed E-state index contributed by atoms with van der Waals surface area (Å²) in [5.41, 5.74) is 1.41. The number of amides is 1. The second kappa shape index (κ2) is 6.19. The molecule has 0 aliphatic heterocycles. The highest BCUT2D eigenvalue weighted by Crippen LogP contribution is 2.31. The van der Waals surface area contributed by atoms with E-state index in [9.17, 15) is 4.79 Å². The Bertz CT molecular complexity index is 490. The van der Waals surface area contributed by atoms with Gasteiger partial charge in [0, 0.05) is 31.0 Å². The average Bonchev–Trinajstić information content (AvgIpc) is 3.24. The zero-order valence-electron chi connectivity index (χ0n) is 11.1. The first-order valence-corrected chi connectivity index (χ1v) is 6.64. The number of aromatic nitrogens is 1. The fraction of sp³-hybridized carbons (Fsp3) is 0.500. The van der Waals surface area contributed by atoms with Crippen molar-refractivity contribution < 1.29 is 4.79 Å². The third kappa shape index (κ3) is 3.44. The van der Waals surface area contributed by atoms with E-state index in [1.807, 2.05) is 13.0 Å². The summed E-state index contributed by atoms with van der Waals surface area (Å²) < 4.78 is 0. The van der Waals surface area contributed by atoms with Crippen LogP contribution in [-0.2, 0) is 0 Å². The molecule has 1 aliphatic rings. The molecule has 1 N–H and O–H groups in total. The summed E-state index contributed by atoms with van der Waals surface area (Å²) in [6, 6.07) is 6.39. The molecule has 0 saturated heterocycles. The number of nitrogens with one attached hydrogen (secondary N) is 1. The maximum Gasteiger partial charge on any atom is 0.269 e. The van der Waals surface area contributed by atoms with Gasteiger partial charge in [-0.1, -0.05) is 0 Å². The highest BCUT2D eigenvalue weighted by atomic mass is 16.1. The van der Waals surface area contributed by atoms with E-state index in [2.05, 4.69) is 21.3 Å². The van der Waals surface area contributed by atoms with Gasteiger partial charge in [0.2, 0.25) is 0 Å². The van der Waals surface area contributed by atoms with Crippen molar-refractivity contribution in [3.05, 3.63) is 24.0 Å². The van der Waals surface area contributed by atoms with Crippen molar-refractivity contribution in [2.45, 2.75) is 32.2 Å². The van der Waals surface area contributed by atoms with E-state index in [1.165, 1.54) is 0 Å². The van der Waals surface area contributed by atoms with Gasteiger partial charge in [0.25, 0.3) is 5.91 Å². The van der Waals surface area contributed by atoms with E-state index < -0.39 is 0 Å². The van der Waals surface area contributed by atoms with Crippen LogP contribution in [0.4, 0.5) is 5.69 Å². The molecule has 1 amide bonds. The summed E-state index contributed by atoms with van der Waals surface area (Å²) in [5.74, 6) is -0.152. The van der Waals surface area contributed by atoms with Crippen molar-refractivity contribution >= 4 is 11.6 Å². The number of nitrogens with zero attached hydrogens (tertiary/aromatic N) is 3. The first kappa shape index (κ1) is 13.3. The average molecular weight is 258 g/mol. The highest BCUT2D eigenvalue weighted by Gasteiger charge is 2.29. The highest BCUT2D eigenvalue weighted by molar-refractivity contribution is 5.93. The lowest BCUT2D eigenvalue weighted by molar-refractivity contribution is 0.0951. The summed E-state index contributed by atoms with van der Waals surface area (Å²) in [6.45, 7) is 3.18. The van der Waals surface area contributed by atoms with Crippen LogP contribution >= 0.6 is 0 Å². The standard InChI is InChI=1S/C14H18N4O/c1-2-16-14(19)13-10-12(6-8-17-13)18(9-3-7-15)11-4-5-11/h6,8,10-11H,2-5,9H2,1H3,(H,16,19). The minimum Gasteiger partial charge on any atom is -0.367 e. The Labute approximate surface area is 113 Å². The molecule has 1 aromatic heterocycles. The maximum absolute atomic E-state index is 11.8. The molecule has 0 aromatic carbocycles. The number of carbonyl (C=O) groups is 1. The molecule has 0 radical (unpaired) electrons. The Balaban J connectivity index is 2.15. The second-order valence-electron chi connectivity index (χ2n) is 4.59. The van der Waals surface area contributed by atoms with E-state index in [4.69, 9.17) is 5.26 Å². The monoisotopic (exact) mass is 258 g/mol. The lowest BCUT2D eigenvalue weighted by atomic mass is 10.2. The van der Waals surface area contributed by atoms with Gasteiger partial charge in [0.1, 0.15) is 5.69 Å². The molecule has 100 valence electrons. The lowest BCUT2D eigenvalue weighted by Gasteiger charge is -2.23. The van der Waals surface area contributed by atoms with Crippen molar-refractivity contribution in [1.29, 1.82) is 5.26 Å². The third-order valence-corrected chi connectivity index (χ3v) is 3.10. The van der Waals surface area contributed by atoms with Crippen LogP contribution in [0.3, 0.4) is 0 Å². The predicted octanol–water partition coefficient (Wildman–Crippen LogP) is 1.71. The number of hydrogen-bond acceptors (Lipinski definition) is 4. The fourth-order valence-electron chi connectivity index (χ4n) is 2.05. The van der Waals surface area contributed by atoms with Gasteiger partial charge < -0.3 is 10.2 Å². The van der Waals surface area contributed by atoms with Gasteiger partial charge >= 0.3 is 0 Å². The van der Waals surface area contributed by atoms with Crippen LogP contribution in [0.1, 0.15) is 36.7 Å². The molecule has 1 heterocycles. The largest absolute Gasteiger partial charge is 0.367 e. The van der Waals surface area contributed by atoms with Gasteiger partial charge in [-0.25, -0.2) is 0 Å². The topological polar surface area (TPSA) is 69.0 Å². The third-order valence-electron chi connectivity index (χ3n) is 3.10. The Morgan fingerprint density at radius 3 is 3.05 bits per heavy atom. The number of anilines is 1. The molecule has 5 heteroatoms. The lowest BCUT2D eigenvalue weighted by Crippen LogP contribution is -2.28. The normalized spacial score (nSPS) is 13.7. The summed E-state index contributed by atoms with van der Waals surface area (Å²) >= 11 is 0. The molecule has 0 bridgehead atoms. The minimum atomic E-state index is -0.152. The van der Waals surface area contributed by atoms with Gasteiger partial charge in [-0.05, 0) is 31.9 Å². The van der Waals surface area contributed by atoms with Crippen molar-refractivity contribution in [1.82, 2.24) is 10.3 Å². The minimum absolute atomic E-state index is 0.152. The molecule has 19 heavy (non-hydrogen) atoms. The summed E-state index contributed by atoms with van der Waals surface area (Å²) in [7, 11) is 0. The first-order valence-electron chi connectivity index (χ1n) is 6.64. The van der Waals surface area contributed by atoms with Gasteiger partial charge in [0.05, 0.1) is 12.5 Å². The zero-order chi connectivity index (χ0) is 13.7. The van der Waals surface area contributed by atoms with Gasteiger partial charge in [0.15, 0.2) is 0 Å².